The van der Waals surface area contributed by atoms with Gasteiger partial charge in [0.1, 0.15) is 5.60 Å². The van der Waals surface area contributed by atoms with Crippen LogP contribution in [0.5, 0.6) is 0 Å². The Hall–Kier alpha value is -0.570. The quantitative estimate of drug-likeness (QED) is 0.670. The Bertz CT molecular complexity index is 265. The number of carbonyl (C=O) groups excluding carboxylic acids is 1. The number of hydrogen-bond acceptors (Lipinski definition) is 3. The third-order valence-electron chi connectivity index (χ3n) is 4.34. The molecular weight excluding hydrogens is 216 g/mol. The van der Waals surface area contributed by atoms with E-state index in [2.05, 4.69) is 13.8 Å². The van der Waals surface area contributed by atoms with Gasteiger partial charge in [-0.05, 0) is 34.1 Å². The summed E-state index contributed by atoms with van der Waals surface area (Å²) in [5.41, 5.74) is -1.24. The molecule has 0 saturated heterocycles. The second-order valence-electron chi connectivity index (χ2n) is 6.07. The van der Waals surface area contributed by atoms with Gasteiger partial charge in [0, 0.05) is 18.9 Å². The van der Waals surface area contributed by atoms with Crippen molar-refractivity contribution >= 4 is 5.97 Å². The van der Waals surface area contributed by atoms with Crippen molar-refractivity contribution in [1.29, 1.82) is 0 Å². The van der Waals surface area contributed by atoms with E-state index in [1.165, 1.54) is 0 Å². The van der Waals surface area contributed by atoms with E-state index in [1.54, 1.807) is 7.11 Å². The minimum atomic E-state index is -0.571. The first-order valence-corrected chi connectivity index (χ1v) is 6.29. The van der Waals surface area contributed by atoms with Crippen LogP contribution in [0, 0.1) is 5.41 Å². The van der Waals surface area contributed by atoms with Gasteiger partial charge in [-0.1, -0.05) is 20.8 Å². The van der Waals surface area contributed by atoms with E-state index in [4.69, 9.17) is 9.47 Å². The zero-order chi connectivity index (χ0) is 13.9. The van der Waals surface area contributed by atoms with Gasteiger partial charge in [-0.2, -0.15) is 0 Å². The lowest BCUT2D eigenvalue weighted by atomic mass is 9.66. The summed E-state index contributed by atoms with van der Waals surface area (Å²) in [4.78, 5) is 11.7. The number of methoxy groups -OCH3 is 1. The molecule has 0 aromatic rings. The average Bonchev–Trinajstić information content (AvgIpc) is 2.16. The minimum absolute atomic E-state index is 0.141. The molecule has 0 aliphatic heterocycles. The molecule has 0 N–H and O–H groups in total. The summed E-state index contributed by atoms with van der Waals surface area (Å²) >= 11 is 0. The van der Waals surface area contributed by atoms with Crippen LogP contribution < -0.4 is 0 Å². The molecule has 17 heavy (non-hydrogen) atoms. The fourth-order valence-corrected chi connectivity index (χ4v) is 1.65. The third-order valence-corrected chi connectivity index (χ3v) is 4.34. The maximum atomic E-state index is 11.7. The first-order chi connectivity index (χ1) is 7.52. The van der Waals surface area contributed by atoms with Gasteiger partial charge >= 0.3 is 5.97 Å². The molecule has 0 unspecified atom stereocenters. The fourth-order valence-electron chi connectivity index (χ4n) is 1.65. The van der Waals surface area contributed by atoms with Crippen molar-refractivity contribution in [1.82, 2.24) is 0 Å². The number of carbonyl (C=O) groups is 1. The molecule has 0 saturated carbocycles. The lowest BCUT2D eigenvalue weighted by molar-refractivity contribution is -0.197. The summed E-state index contributed by atoms with van der Waals surface area (Å²) in [5.74, 6) is -0.141. The highest BCUT2D eigenvalue weighted by atomic mass is 16.6. The molecule has 0 amide bonds. The van der Waals surface area contributed by atoms with E-state index in [-0.39, 0.29) is 17.0 Å². The molecule has 0 aliphatic rings. The van der Waals surface area contributed by atoms with Crippen molar-refractivity contribution in [2.24, 2.45) is 5.41 Å². The molecule has 0 fully saturated rings. The van der Waals surface area contributed by atoms with Crippen LogP contribution >= 0.6 is 0 Å². The Labute approximate surface area is 106 Å². The Morgan fingerprint density at radius 3 is 1.82 bits per heavy atom. The third kappa shape index (κ3) is 3.44. The summed E-state index contributed by atoms with van der Waals surface area (Å²) in [6, 6.07) is 0. The van der Waals surface area contributed by atoms with Crippen molar-refractivity contribution < 1.29 is 14.3 Å². The van der Waals surface area contributed by atoms with Crippen molar-refractivity contribution in [3.8, 4) is 0 Å². The molecule has 0 rings (SSSR count). The molecule has 3 heteroatoms. The number of hydrogen-bond donors (Lipinski definition) is 0. The molecule has 102 valence electrons. The molecule has 3 nitrogen and oxygen atoms in total. The van der Waals surface area contributed by atoms with E-state index in [0.717, 1.165) is 6.42 Å². The predicted molar refractivity (Wildman–Crippen MR) is 69.9 cm³/mol. The highest BCUT2D eigenvalue weighted by Crippen LogP contribution is 2.44. The molecular formula is C14H28O3. The molecule has 0 aliphatic carbocycles. The highest BCUT2D eigenvalue weighted by Gasteiger charge is 2.50. The Balaban J connectivity index is 4.97. The standard InChI is InChI=1S/C14H28O3/c1-9-10-11(15)17-14(6,7)12(2,3)13(4,5)16-8/h9-10H2,1-8H3. The second-order valence-corrected chi connectivity index (χ2v) is 6.07. The van der Waals surface area contributed by atoms with Crippen LogP contribution in [-0.2, 0) is 14.3 Å². The highest BCUT2D eigenvalue weighted by molar-refractivity contribution is 5.69. The zero-order valence-electron chi connectivity index (χ0n) is 12.6. The van der Waals surface area contributed by atoms with Crippen LogP contribution in [0.1, 0.15) is 61.3 Å². The molecule has 0 spiro atoms. The van der Waals surface area contributed by atoms with E-state index < -0.39 is 5.60 Å². The van der Waals surface area contributed by atoms with Crippen molar-refractivity contribution in [3.63, 3.8) is 0 Å². The van der Waals surface area contributed by atoms with Crippen molar-refractivity contribution in [2.45, 2.75) is 72.5 Å². The topological polar surface area (TPSA) is 35.5 Å². The Morgan fingerprint density at radius 2 is 1.47 bits per heavy atom. The molecule has 0 aromatic carbocycles. The molecule has 0 atom stereocenters. The average molecular weight is 244 g/mol. The summed E-state index contributed by atoms with van der Waals surface area (Å²) in [6.45, 7) is 14.0. The smallest absolute Gasteiger partial charge is 0.306 e. The second kappa shape index (κ2) is 5.38. The normalized spacial score (nSPS) is 13.6. The summed E-state index contributed by atoms with van der Waals surface area (Å²) in [7, 11) is 1.69. The van der Waals surface area contributed by atoms with Gasteiger partial charge in [-0.15, -0.1) is 0 Å². The van der Waals surface area contributed by atoms with E-state index in [9.17, 15) is 4.79 Å². The number of rotatable bonds is 6. The maximum absolute atomic E-state index is 11.7. The largest absolute Gasteiger partial charge is 0.459 e. The van der Waals surface area contributed by atoms with Gasteiger partial charge in [-0.3, -0.25) is 4.79 Å². The van der Waals surface area contributed by atoms with E-state index in [0.29, 0.717) is 6.42 Å². The molecule has 0 radical (unpaired) electrons. The molecule has 0 bridgehead atoms. The fraction of sp³-hybridized carbons (Fsp3) is 0.929. The minimum Gasteiger partial charge on any atom is -0.459 e. The van der Waals surface area contributed by atoms with Gasteiger partial charge < -0.3 is 9.47 Å². The van der Waals surface area contributed by atoms with Crippen molar-refractivity contribution in [2.75, 3.05) is 7.11 Å². The van der Waals surface area contributed by atoms with Gasteiger partial charge in [0.15, 0.2) is 0 Å². The first kappa shape index (κ1) is 16.4. The Morgan fingerprint density at radius 1 is 1.00 bits per heavy atom. The SMILES string of the molecule is CCCC(=O)OC(C)(C)C(C)(C)C(C)(C)OC. The monoisotopic (exact) mass is 244 g/mol. The zero-order valence-corrected chi connectivity index (χ0v) is 12.6. The Kier molecular flexibility index (Phi) is 5.20. The molecule has 0 aromatic heterocycles. The predicted octanol–water partition coefficient (Wildman–Crippen LogP) is 3.56. The van der Waals surface area contributed by atoms with Crippen LogP contribution in [0.4, 0.5) is 0 Å². The van der Waals surface area contributed by atoms with Gasteiger partial charge in [-0.25, -0.2) is 0 Å². The van der Waals surface area contributed by atoms with Crippen LogP contribution in [0.3, 0.4) is 0 Å². The number of esters is 1. The summed E-state index contributed by atoms with van der Waals surface area (Å²) < 4.78 is 11.2. The summed E-state index contributed by atoms with van der Waals surface area (Å²) in [5, 5.41) is 0. The van der Waals surface area contributed by atoms with Crippen LogP contribution in [-0.4, -0.2) is 24.3 Å². The first-order valence-electron chi connectivity index (χ1n) is 6.29. The van der Waals surface area contributed by atoms with E-state index in [1.807, 2.05) is 34.6 Å². The number of ether oxygens (including phenoxy) is 2. The van der Waals surface area contributed by atoms with Gasteiger partial charge in [0.2, 0.25) is 0 Å². The lowest BCUT2D eigenvalue weighted by Crippen LogP contribution is -2.56. The lowest BCUT2D eigenvalue weighted by Gasteiger charge is -2.50. The van der Waals surface area contributed by atoms with Crippen LogP contribution in [0.2, 0.25) is 0 Å². The summed E-state index contributed by atoms with van der Waals surface area (Å²) in [6.07, 6.45) is 1.27. The van der Waals surface area contributed by atoms with Crippen LogP contribution in [0.15, 0.2) is 0 Å². The van der Waals surface area contributed by atoms with E-state index >= 15 is 0 Å². The van der Waals surface area contributed by atoms with Crippen LogP contribution in [0.25, 0.3) is 0 Å². The maximum Gasteiger partial charge on any atom is 0.306 e. The van der Waals surface area contributed by atoms with Crippen molar-refractivity contribution in [3.05, 3.63) is 0 Å². The van der Waals surface area contributed by atoms with Gasteiger partial charge in [0.25, 0.3) is 0 Å². The van der Waals surface area contributed by atoms with Gasteiger partial charge in [0.05, 0.1) is 5.60 Å². The molecule has 0 heterocycles.